The number of unbranched alkanes of at least 4 members (excludes halogenated alkanes) is 2. The molecule has 0 fully saturated rings. The Hall–Kier alpha value is -2.22. The maximum Gasteiger partial charge on any atom is 0.194 e. The topological polar surface area (TPSA) is 34.1 Å². The van der Waals surface area contributed by atoms with E-state index in [0.717, 1.165) is 24.0 Å². The molecule has 112 valence electrons. The van der Waals surface area contributed by atoms with E-state index in [-0.39, 0.29) is 11.6 Å². The van der Waals surface area contributed by atoms with Crippen LogP contribution in [-0.2, 0) is 6.42 Å². The minimum absolute atomic E-state index is 0.0260. The van der Waals surface area contributed by atoms with Gasteiger partial charge in [-0.2, -0.15) is 0 Å². The van der Waals surface area contributed by atoms with E-state index in [1.807, 2.05) is 37.3 Å². The van der Waals surface area contributed by atoms with Crippen molar-refractivity contribution in [2.75, 3.05) is 0 Å². The fourth-order valence-corrected chi connectivity index (χ4v) is 3.05. The largest absolute Gasteiger partial charge is 0.289 e. The predicted octanol–water partition coefficient (Wildman–Crippen LogP) is 4.50. The van der Waals surface area contributed by atoms with E-state index in [9.17, 15) is 9.59 Å². The third-order valence-corrected chi connectivity index (χ3v) is 4.31. The first-order valence-corrected chi connectivity index (χ1v) is 7.94. The second-order valence-electron chi connectivity index (χ2n) is 6.04. The van der Waals surface area contributed by atoms with Crippen molar-refractivity contribution < 1.29 is 9.59 Å². The average molecular weight is 292 g/mol. The van der Waals surface area contributed by atoms with Crippen molar-refractivity contribution in [3.8, 4) is 0 Å². The second kappa shape index (κ2) is 5.88. The first kappa shape index (κ1) is 14.7. The van der Waals surface area contributed by atoms with Crippen molar-refractivity contribution in [2.24, 2.45) is 0 Å². The van der Waals surface area contributed by atoms with Crippen LogP contribution in [0.2, 0.25) is 0 Å². The summed E-state index contributed by atoms with van der Waals surface area (Å²) in [6, 6.07) is 11.2. The molecule has 0 atom stereocenters. The number of hydrogen-bond acceptors (Lipinski definition) is 2. The van der Waals surface area contributed by atoms with Crippen LogP contribution in [0.3, 0.4) is 0 Å². The number of benzene rings is 2. The van der Waals surface area contributed by atoms with Gasteiger partial charge in [-0.05, 0) is 37.5 Å². The van der Waals surface area contributed by atoms with Crippen LogP contribution in [0.25, 0.3) is 0 Å². The van der Waals surface area contributed by atoms with Crippen molar-refractivity contribution in [1.29, 1.82) is 0 Å². The summed E-state index contributed by atoms with van der Waals surface area (Å²) in [5.41, 5.74) is 4.33. The Bertz CT molecular complexity index is 756. The van der Waals surface area contributed by atoms with Crippen molar-refractivity contribution in [3.05, 3.63) is 69.8 Å². The van der Waals surface area contributed by atoms with Gasteiger partial charge in [0.1, 0.15) is 0 Å². The molecule has 2 nitrogen and oxygen atoms in total. The summed E-state index contributed by atoms with van der Waals surface area (Å²) in [7, 11) is 0. The summed E-state index contributed by atoms with van der Waals surface area (Å²) >= 11 is 0. The van der Waals surface area contributed by atoms with Gasteiger partial charge < -0.3 is 0 Å². The summed E-state index contributed by atoms with van der Waals surface area (Å²) in [4.78, 5) is 25.3. The summed E-state index contributed by atoms with van der Waals surface area (Å²) in [6.07, 6.45) is 4.44. The number of hydrogen-bond donors (Lipinski definition) is 0. The minimum Gasteiger partial charge on any atom is -0.289 e. The summed E-state index contributed by atoms with van der Waals surface area (Å²) in [6.45, 7) is 4.11. The number of fused-ring (bicyclic) bond motifs is 2. The molecule has 0 unspecified atom stereocenters. The number of carbonyl (C=O) groups is 2. The Morgan fingerprint density at radius 1 is 0.773 bits per heavy atom. The molecule has 1 aliphatic rings. The molecule has 3 rings (SSSR count). The van der Waals surface area contributed by atoms with Gasteiger partial charge in [0.25, 0.3) is 0 Å². The molecule has 0 radical (unpaired) electrons. The number of aryl methyl sites for hydroxylation is 2. The van der Waals surface area contributed by atoms with E-state index in [1.54, 1.807) is 6.07 Å². The van der Waals surface area contributed by atoms with Gasteiger partial charge in [-0.3, -0.25) is 9.59 Å². The van der Waals surface area contributed by atoms with Gasteiger partial charge in [-0.25, -0.2) is 0 Å². The molecular weight excluding hydrogens is 272 g/mol. The van der Waals surface area contributed by atoms with Gasteiger partial charge in [0, 0.05) is 22.3 Å². The molecule has 0 saturated carbocycles. The zero-order valence-electron chi connectivity index (χ0n) is 13.1. The Kier molecular flexibility index (Phi) is 3.93. The summed E-state index contributed by atoms with van der Waals surface area (Å²) < 4.78 is 0. The lowest BCUT2D eigenvalue weighted by molar-refractivity contribution is 0.0979. The molecule has 2 heteroatoms. The molecule has 0 amide bonds. The Labute approximate surface area is 131 Å². The first-order valence-electron chi connectivity index (χ1n) is 7.94. The van der Waals surface area contributed by atoms with Crippen molar-refractivity contribution in [2.45, 2.75) is 39.5 Å². The molecule has 0 aromatic heterocycles. The second-order valence-corrected chi connectivity index (χ2v) is 6.04. The van der Waals surface area contributed by atoms with Gasteiger partial charge in [-0.15, -0.1) is 0 Å². The van der Waals surface area contributed by atoms with Crippen LogP contribution >= 0.6 is 0 Å². The van der Waals surface area contributed by atoms with Crippen molar-refractivity contribution >= 4 is 11.6 Å². The lowest BCUT2D eigenvalue weighted by Crippen LogP contribution is -2.21. The van der Waals surface area contributed by atoms with Crippen LogP contribution in [0, 0.1) is 6.92 Å². The van der Waals surface area contributed by atoms with E-state index in [4.69, 9.17) is 0 Å². The molecule has 0 aliphatic heterocycles. The third-order valence-electron chi connectivity index (χ3n) is 4.31. The molecule has 2 aromatic carbocycles. The maximum absolute atomic E-state index is 12.7. The van der Waals surface area contributed by atoms with Crippen molar-refractivity contribution in [3.63, 3.8) is 0 Å². The van der Waals surface area contributed by atoms with E-state index in [1.165, 1.54) is 12.8 Å². The fourth-order valence-electron chi connectivity index (χ4n) is 3.05. The van der Waals surface area contributed by atoms with E-state index in [0.29, 0.717) is 22.3 Å². The lowest BCUT2D eigenvalue weighted by Gasteiger charge is -2.18. The van der Waals surface area contributed by atoms with E-state index >= 15 is 0 Å². The smallest absolute Gasteiger partial charge is 0.194 e. The molecule has 2 aromatic rings. The molecule has 1 aliphatic carbocycles. The van der Waals surface area contributed by atoms with Crippen LogP contribution in [0.4, 0.5) is 0 Å². The van der Waals surface area contributed by atoms with Gasteiger partial charge in [0.2, 0.25) is 0 Å². The molecule has 0 N–H and O–H groups in total. The van der Waals surface area contributed by atoms with E-state index in [2.05, 4.69) is 6.92 Å². The van der Waals surface area contributed by atoms with Gasteiger partial charge in [0.05, 0.1) is 0 Å². The van der Waals surface area contributed by atoms with Gasteiger partial charge >= 0.3 is 0 Å². The molecular formula is C20H20O2. The average Bonchev–Trinajstić information content (AvgIpc) is 2.53. The Balaban J connectivity index is 2.00. The standard InChI is InChI=1S/C20H20O2/c1-3-4-5-6-14-8-10-16-18(12-14)20(22)15-9-7-13(2)11-17(15)19(16)21/h7-12H,3-6H2,1-2H3. The highest BCUT2D eigenvalue weighted by Gasteiger charge is 2.29. The third kappa shape index (κ3) is 2.50. The predicted molar refractivity (Wildman–Crippen MR) is 87.7 cm³/mol. The number of ketones is 2. The summed E-state index contributed by atoms with van der Waals surface area (Å²) in [5.74, 6) is -0.0599. The van der Waals surface area contributed by atoms with Crippen LogP contribution in [0.15, 0.2) is 36.4 Å². The van der Waals surface area contributed by atoms with E-state index < -0.39 is 0 Å². The minimum atomic E-state index is -0.0339. The Morgan fingerprint density at radius 3 is 2.09 bits per heavy atom. The maximum atomic E-state index is 12.7. The fraction of sp³-hybridized carbons (Fsp3) is 0.300. The first-order chi connectivity index (χ1) is 10.6. The van der Waals surface area contributed by atoms with Crippen LogP contribution < -0.4 is 0 Å². The quantitative estimate of drug-likeness (QED) is 0.663. The van der Waals surface area contributed by atoms with Crippen LogP contribution in [0.1, 0.15) is 69.2 Å². The highest BCUT2D eigenvalue weighted by atomic mass is 16.1. The number of carbonyl (C=O) groups excluding carboxylic acids is 2. The van der Waals surface area contributed by atoms with Crippen LogP contribution in [0.5, 0.6) is 0 Å². The zero-order chi connectivity index (χ0) is 15.7. The molecule has 0 bridgehead atoms. The van der Waals surface area contributed by atoms with Gasteiger partial charge in [0.15, 0.2) is 11.6 Å². The molecule has 22 heavy (non-hydrogen) atoms. The normalized spacial score (nSPS) is 13.0. The Morgan fingerprint density at radius 2 is 1.41 bits per heavy atom. The molecule has 0 saturated heterocycles. The van der Waals surface area contributed by atoms with Crippen LogP contribution in [-0.4, -0.2) is 11.6 Å². The molecule has 0 heterocycles. The number of rotatable bonds is 4. The van der Waals surface area contributed by atoms with Crippen molar-refractivity contribution in [1.82, 2.24) is 0 Å². The van der Waals surface area contributed by atoms with Gasteiger partial charge in [-0.1, -0.05) is 49.6 Å². The monoisotopic (exact) mass is 292 g/mol. The summed E-state index contributed by atoms with van der Waals surface area (Å²) in [5, 5.41) is 0. The zero-order valence-corrected chi connectivity index (χ0v) is 13.1. The lowest BCUT2D eigenvalue weighted by atomic mass is 9.82. The SMILES string of the molecule is CCCCCc1ccc2c(c1)C(=O)c1ccc(C)cc1C2=O. The molecule has 0 spiro atoms. The highest BCUT2D eigenvalue weighted by molar-refractivity contribution is 6.28. The highest BCUT2D eigenvalue weighted by Crippen LogP contribution is 2.29.